The second-order valence-corrected chi connectivity index (χ2v) is 9.06. The number of ether oxygens (including phenoxy) is 3. The van der Waals surface area contributed by atoms with Crippen molar-refractivity contribution in [1.29, 1.82) is 0 Å². The predicted molar refractivity (Wildman–Crippen MR) is 140 cm³/mol. The molecule has 2 aromatic carbocycles. The number of carbonyl (C=O) groups excluding carboxylic acids is 2. The second kappa shape index (κ2) is 13.6. The Morgan fingerprint density at radius 1 is 1.05 bits per heavy atom. The molecule has 0 saturated carbocycles. The first-order chi connectivity index (χ1) is 17.9. The maximum Gasteiger partial charge on any atom is 0.322 e. The van der Waals surface area contributed by atoms with E-state index in [0.717, 1.165) is 5.56 Å². The second-order valence-electron chi connectivity index (χ2n) is 8.12. The summed E-state index contributed by atoms with van der Waals surface area (Å²) in [5, 5.41) is 4.83. The number of thiazole rings is 1. The number of para-hydroxylation sites is 1. The first-order valence-electron chi connectivity index (χ1n) is 11.6. The van der Waals surface area contributed by atoms with Crippen LogP contribution in [0.1, 0.15) is 21.1 Å². The molecule has 0 aliphatic heterocycles. The maximum absolute atomic E-state index is 14.0. The van der Waals surface area contributed by atoms with E-state index >= 15 is 0 Å². The number of anilines is 1. The molecule has 0 aliphatic rings. The Morgan fingerprint density at radius 3 is 2.51 bits per heavy atom. The average molecular weight is 531 g/mol. The lowest BCUT2D eigenvalue weighted by molar-refractivity contribution is 0.0791. The van der Waals surface area contributed by atoms with Crippen LogP contribution in [-0.2, 0) is 17.7 Å². The number of likely N-dealkylation sites (N-methyl/N-ethyl adjacent to an activating group) is 1. The van der Waals surface area contributed by atoms with Crippen LogP contribution in [0.3, 0.4) is 0 Å². The van der Waals surface area contributed by atoms with E-state index in [1.165, 1.54) is 35.5 Å². The van der Waals surface area contributed by atoms with Crippen LogP contribution in [0.4, 0.5) is 14.9 Å². The number of carbonyl (C=O) groups is 2. The minimum absolute atomic E-state index is 0.0843. The fraction of sp³-hybridized carbons (Fsp3) is 0.346. The van der Waals surface area contributed by atoms with Crippen molar-refractivity contribution in [3.63, 3.8) is 0 Å². The molecule has 3 amide bonds. The summed E-state index contributed by atoms with van der Waals surface area (Å²) in [4.78, 5) is 33.3. The van der Waals surface area contributed by atoms with Gasteiger partial charge in [0.2, 0.25) is 0 Å². The van der Waals surface area contributed by atoms with Crippen LogP contribution in [0.25, 0.3) is 0 Å². The number of halogens is 1. The van der Waals surface area contributed by atoms with Crippen LogP contribution in [0.2, 0.25) is 0 Å². The molecular weight excluding hydrogens is 499 g/mol. The maximum atomic E-state index is 14.0. The highest BCUT2D eigenvalue weighted by atomic mass is 32.1. The third-order valence-corrected chi connectivity index (χ3v) is 6.43. The van der Waals surface area contributed by atoms with E-state index in [4.69, 9.17) is 14.2 Å². The summed E-state index contributed by atoms with van der Waals surface area (Å²) in [5.74, 6) is 0.533. The smallest absolute Gasteiger partial charge is 0.322 e. The van der Waals surface area contributed by atoms with Crippen LogP contribution >= 0.6 is 11.3 Å². The standard InChI is InChI=1S/C26H31FN4O5S/c1-30(12-11-18-9-10-22(35-3)23(15-18)36-4)25(32)21-17-37-24(28-21)16-31(13-14-34-2)26(33)29-20-8-6-5-7-19(20)27/h5-10,15,17H,11-14,16H2,1-4H3,(H,29,33). The van der Waals surface area contributed by atoms with Gasteiger partial charge < -0.3 is 29.3 Å². The summed E-state index contributed by atoms with van der Waals surface area (Å²) < 4.78 is 29.7. The van der Waals surface area contributed by atoms with Crippen LogP contribution < -0.4 is 14.8 Å². The third-order valence-electron chi connectivity index (χ3n) is 5.60. The number of hydrogen-bond donors (Lipinski definition) is 1. The molecule has 3 rings (SSSR count). The SMILES string of the molecule is COCCN(Cc1nc(C(=O)N(C)CCc2ccc(OC)c(OC)c2)cs1)C(=O)Nc1ccccc1F. The number of benzene rings is 2. The van der Waals surface area contributed by atoms with Crippen molar-refractivity contribution in [3.8, 4) is 11.5 Å². The van der Waals surface area contributed by atoms with Crippen LogP contribution in [0.15, 0.2) is 47.8 Å². The molecule has 0 aliphatic carbocycles. The molecule has 0 radical (unpaired) electrons. The van der Waals surface area contributed by atoms with Crippen LogP contribution in [0, 0.1) is 5.82 Å². The largest absolute Gasteiger partial charge is 0.493 e. The molecule has 1 N–H and O–H groups in total. The van der Waals surface area contributed by atoms with Crippen LogP contribution in [-0.4, -0.2) is 74.8 Å². The molecule has 11 heteroatoms. The van der Waals surface area contributed by atoms with Gasteiger partial charge in [0.1, 0.15) is 16.5 Å². The molecule has 198 valence electrons. The van der Waals surface area contributed by atoms with Gasteiger partial charge in [0.25, 0.3) is 5.91 Å². The monoisotopic (exact) mass is 530 g/mol. The van der Waals surface area contributed by atoms with Crippen molar-refractivity contribution in [1.82, 2.24) is 14.8 Å². The first-order valence-corrected chi connectivity index (χ1v) is 12.4. The van der Waals surface area contributed by atoms with Crippen molar-refractivity contribution in [3.05, 3.63) is 69.9 Å². The number of aromatic nitrogens is 1. The molecule has 0 bridgehead atoms. The van der Waals surface area contributed by atoms with Gasteiger partial charge in [-0.05, 0) is 36.2 Å². The lowest BCUT2D eigenvalue weighted by Crippen LogP contribution is -2.37. The highest BCUT2D eigenvalue weighted by Crippen LogP contribution is 2.27. The van der Waals surface area contributed by atoms with E-state index < -0.39 is 11.8 Å². The molecule has 1 heterocycles. The van der Waals surface area contributed by atoms with Gasteiger partial charge in [0.15, 0.2) is 11.5 Å². The van der Waals surface area contributed by atoms with E-state index in [-0.39, 0.29) is 24.7 Å². The number of amides is 3. The highest BCUT2D eigenvalue weighted by Gasteiger charge is 2.20. The van der Waals surface area contributed by atoms with Crippen molar-refractivity contribution < 1.29 is 28.2 Å². The topological polar surface area (TPSA) is 93.2 Å². The predicted octanol–water partition coefficient (Wildman–Crippen LogP) is 4.29. The zero-order valence-electron chi connectivity index (χ0n) is 21.3. The number of methoxy groups -OCH3 is 3. The molecule has 0 fully saturated rings. The van der Waals surface area contributed by atoms with E-state index in [2.05, 4.69) is 10.3 Å². The quantitative estimate of drug-likeness (QED) is 0.376. The van der Waals surface area contributed by atoms with E-state index in [9.17, 15) is 14.0 Å². The molecular formula is C26H31FN4O5S. The Kier molecular flexibility index (Phi) is 10.2. The van der Waals surface area contributed by atoms with Gasteiger partial charge in [-0.1, -0.05) is 18.2 Å². The molecule has 3 aromatic rings. The summed E-state index contributed by atoms with van der Waals surface area (Å²) in [5.41, 5.74) is 1.39. The molecule has 9 nitrogen and oxygen atoms in total. The Bertz CT molecular complexity index is 1210. The van der Waals surface area contributed by atoms with E-state index in [1.807, 2.05) is 18.2 Å². The molecule has 1 aromatic heterocycles. The zero-order valence-corrected chi connectivity index (χ0v) is 22.1. The minimum Gasteiger partial charge on any atom is -0.493 e. The van der Waals surface area contributed by atoms with Gasteiger partial charge >= 0.3 is 6.03 Å². The molecule has 0 unspecified atom stereocenters. The summed E-state index contributed by atoms with van der Waals surface area (Å²) in [7, 11) is 6.41. The summed E-state index contributed by atoms with van der Waals surface area (Å²) in [6, 6.07) is 11.1. The number of nitrogens with zero attached hydrogens (tertiary/aromatic N) is 3. The third kappa shape index (κ3) is 7.64. The molecule has 0 spiro atoms. The van der Waals surface area contributed by atoms with Crippen molar-refractivity contribution >= 4 is 29.0 Å². The molecule has 0 saturated heterocycles. The summed E-state index contributed by atoms with van der Waals surface area (Å²) >= 11 is 1.28. The van der Waals surface area contributed by atoms with Crippen LogP contribution in [0.5, 0.6) is 11.5 Å². The number of rotatable bonds is 12. The lowest BCUT2D eigenvalue weighted by atomic mass is 10.1. The number of hydrogen-bond acceptors (Lipinski definition) is 7. The minimum atomic E-state index is -0.527. The normalized spacial score (nSPS) is 10.6. The molecule has 37 heavy (non-hydrogen) atoms. The fourth-order valence-electron chi connectivity index (χ4n) is 3.49. The summed E-state index contributed by atoms with van der Waals surface area (Å²) in [6.45, 7) is 1.19. The van der Waals surface area contributed by atoms with E-state index in [0.29, 0.717) is 41.8 Å². The first kappa shape index (κ1) is 27.9. The van der Waals surface area contributed by atoms with Crippen molar-refractivity contribution in [2.24, 2.45) is 0 Å². The van der Waals surface area contributed by atoms with Crippen molar-refractivity contribution in [2.75, 3.05) is 53.4 Å². The Hall–Kier alpha value is -3.70. The Balaban J connectivity index is 1.61. The molecule has 0 atom stereocenters. The summed E-state index contributed by atoms with van der Waals surface area (Å²) in [6.07, 6.45) is 0.626. The Labute approximate surface area is 219 Å². The van der Waals surface area contributed by atoms with Gasteiger partial charge in [0.05, 0.1) is 33.1 Å². The number of urea groups is 1. The van der Waals surface area contributed by atoms with E-state index in [1.54, 1.807) is 43.7 Å². The lowest BCUT2D eigenvalue weighted by Gasteiger charge is -2.22. The Morgan fingerprint density at radius 2 is 1.81 bits per heavy atom. The van der Waals surface area contributed by atoms with Gasteiger partial charge in [-0.2, -0.15) is 0 Å². The van der Waals surface area contributed by atoms with Gasteiger partial charge in [-0.3, -0.25) is 4.79 Å². The van der Waals surface area contributed by atoms with Gasteiger partial charge in [-0.25, -0.2) is 14.2 Å². The average Bonchev–Trinajstić information content (AvgIpc) is 3.38. The highest BCUT2D eigenvalue weighted by molar-refractivity contribution is 7.09. The number of nitrogens with one attached hydrogen (secondary N) is 1. The van der Waals surface area contributed by atoms with Gasteiger partial charge in [-0.15, -0.1) is 11.3 Å². The van der Waals surface area contributed by atoms with Crippen molar-refractivity contribution in [2.45, 2.75) is 13.0 Å². The fourth-order valence-corrected chi connectivity index (χ4v) is 4.27. The zero-order chi connectivity index (χ0) is 26.8. The van der Waals surface area contributed by atoms with Gasteiger partial charge in [0, 0.05) is 32.6 Å².